The summed E-state index contributed by atoms with van der Waals surface area (Å²) < 4.78 is 0. The zero-order valence-corrected chi connectivity index (χ0v) is 14.2. The molecule has 0 aromatic carbocycles. The van der Waals surface area contributed by atoms with Gasteiger partial charge in [0.2, 0.25) is 0 Å². The van der Waals surface area contributed by atoms with Crippen molar-refractivity contribution in [2.24, 2.45) is 40.4 Å². The molecule has 0 N–H and O–H groups in total. The third kappa shape index (κ3) is 1.44. The second-order valence-corrected chi connectivity index (χ2v) is 9.36. The second-order valence-electron chi connectivity index (χ2n) is 9.36. The molecule has 0 aliphatic heterocycles. The highest BCUT2D eigenvalue weighted by Gasteiger charge is 2.66. The van der Waals surface area contributed by atoms with Gasteiger partial charge in [-0.1, -0.05) is 31.1 Å². The lowest BCUT2D eigenvalue weighted by molar-refractivity contribution is -0.117. The van der Waals surface area contributed by atoms with Crippen molar-refractivity contribution in [2.75, 3.05) is 0 Å². The molecule has 0 bridgehead atoms. The first kappa shape index (κ1) is 13.6. The van der Waals surface area contributed by atoms with E-state index in [0.717, 1.165) is 42.4 Å². The lowest BCUT2D eigenvalue weighted by atomic mass is 9.47. The predicted octanol–water partition coefficient (Wildman–Crippen LogP) is 4.93. The first-order valence-electron chi connectivity index (χ1n) is 9.37. The van der Waals surface area contributed by atoms with E-state index in [4.69, 9.17) is 0 Å². The van der Waals surface area contributed by atoms with Crippen molar-refractivity contribution in [1.29, 1.82) is 0 Å². The molecule has 0 saturated heterocycles. The van der Waals surface area contributed by atoms with Crippen molar-refractivity contribution in [3.63, 3.8) is 0 Å². The maximum absolute atomic E-state index is 12.0. The summed E-state index contributed by atoms with van der Waals surface area (Å²) in [4.78, 5) is 12.0. The van der Waals surface area contributed by atoms with Gasteiger partial charge < -0.3 is 0 Å². The van der Waals surface area contributed by atoms with Crippen LogP contribution < -0.4 is 0 Å². The second kappa shape index (κ2) is 3.97. The van der Waals surface area contributed by atoms with Gasteiger partial charge in [0.15, 0.2) is 5.78 Å². The zero-order chi connectivity index (χ0) is 15.3. The highest BCUT2D eigenvalue weighted by Crippen LogP contribution is 2.73. The maximum atomic E-state index is 12.0. The number of carbonyl (C=O) groups excluding carboxylic acids is 1. The summed E-state index contributed by atoms with van der Waals surface area (Å²) in [6.07, 6.45) is 12.0. The van der Waals surface area contributed by atoms with Crippen molar-refractivity contribution in [1.82, 2.24) is 0 Å². The van der Waals surface area contributed by atoms with Gasteiger partial charge in [0.1, 0.15) is 0 Å². The molecule has 0 aromatic heterocycles. The molecule has 0 amide bonds. The van der Waals surface area contributed by atoms with E-state index in [0.29, 0.717) is 16.6 Å². The zero-order valence-electron chi connectivity index (χ0n) is 14.2. The van der Waals surface area contributed by atoms with Gasteiger partial charge in [-0.05, 0) is 85.5 Å². The summed E-state index contributed by atoms with van der Waals surface area (Å²) >= 11 is 0. The van der Waals surface area contributed by atoms with Crippen LogP contribution in [0.4, 0.5) is 0 Å². The van der Waals surface area contributed by atoms with Crippen LogP contribution >= 0.6 is 0 Å². The minimum Gasteiger partial charge on any atom is -0.295 e. The maximum Gasteiger partial charge on any atom is 0.155 e. The van der Waals surface area contributed by atoms with Crippen LogP contribution in [0.15, 0.2) is 23.3 Å². The standard InChI is InChI=1S/C21H28O/c1-12-4-5-16-19-15-11-14(15)18-10-13(22)6-8-21(18,3)17(19)7-9-20(12,16)2/h4,10,14-17,19H,5-9,11H2,1-3H3. The van der Waals surface area contributed by atoms with Gasteiger partial charge in [0.25, 0.3) is 0 Å². The minimum atomic E-state index is 0.341. The summed E-state index contributed by atoms with van der Waals surface area (Å²) in [6.45, 7) is 7.43. The van der Waals surface area contributed by atoms with Crippen molar-refractivity contribution in [3.8, 4) is 0 Å². The van der Waals surface area contributed by atoms with Crippen LogP contribution in [-0.4, -0.2) is 5.78 Å². The Morgan fingerprint density at radius 3 is 2.77 bits per heavy atom. The number of hydrogen-bond donors (Lipinski definition) is 0. The third-order valence-electron chi connectivity index (χ3n) is 8.72. The number of hydrogen-bond acceptors (Lipinski definition) is 1. The van der Waals surface area contributed by atoms with Gasteiger partial charge in [-0.15, -0.1) is 0 Å². The molecular weight excluding hydrogens is 268 g/mol. The Kier molecular flexibility index (Phi) is 2.45. The summed E-state index contributed by atoms with van der Waals surface area (Å²) in [7, 11) is 0. The molecule has 5 rings (SSSR count). The molecule has 5 aliphatic carbocycles. The van der Waals surface area contributed by atoms with Crippen molar-refractivity contribution in [2.45, 2.75) is 59.3 Å². The molecule has 1 nitrogen and oxygen atoms in total. The minimum absolute atomic E-state index is 0.341. The molecule has 22 heavy (non-hydrogen) atoms. The van der Waals surface area contributed by atoms with E-state index in [-0.39, 0.29) is 0 Å². The quantitative estimate of drug-likeness (QED) is 0.579. The van der Waals surface area contributed by atoms with Gasteiger partial charge in [0, 0.05) is 6.42 Å². The molecule has 5 aliphatic rings. The normalized spacial score (nSPS) is 55.4. The molecule has 0 aromatic rings. The number of allylic oxidation sites excluding steroid dienone is 4. The van der Waals surface area contributed by atoms with E-state index in [1.54, 1.807) is 11.1 Å². The summed E-state index contributed by atoms with van der Waals surface area (Å²) in [5.74, 6) is 4.71. The fraction of sp³-hybridized carbons (Fsp3) is 0.762. The molecule has 1 heteroatoms. The van der Waals surface area contributed by atoms with E-state index in [9.17, 15) is 4.79 Å². The van der Waals surface area contributed by atoms with Crippen LogP contribution in [0.2, 0.25) is 0 Å². The lowest BCUT2D eigenvalue weighted by Gasteiger charge is -2.57. The van der Waals surface area contributed by atoms with E-state index in [2.05, 4.69) is 32.9 Å². The number of fused-ring (bicyclic) bond motifs is 8. The van der Waals surface area contributed by atoms with Crippen molar-refractivity contribution < 1.29 is 4.79 Å². The molecule has 3 fully saturated rings. The molecule has 3 saturated carbocycles. The predicted molar refractivity (Wildman–Crippen MR) is 88.2 cm³/mol. The average molecular weight is 296 g/mol. The Bertz CT molecular complexity index is 626. The average Bonchev–Trinajstić information content (AvgIpc) is 3.22. The van der Waals surface area contributed by atoms with Crippen LogP contribution in [0, 0.1) is 40.4 Å². The van der Waals surface area contributed by atoms with E-state index in [1.807, 2.05) is 0 Å². The van der Waals surface area contributed by atoms with Crippen LogP contribution in [0.3, 0.4) is 0 Å². The fourth-order valence-corrected chi connectivity index (χ4v) is 7.19. The topological polar surface area (TPSA) is 17.1 Å². The number of carbonyl (C=O) groups is 1. The lowest BCUT2D eigenvalue weighted by Crippen LogP contribution is -2.51. The Morgan fingerprint density at radius 2 is 1.95 bits per heavy atom. The Labute approximate surface area is 134 Å². The van der Waals surface area contributed by atoms with Crippen LogP contribution in [0.25, 0.3) is 0 Å². The van der Waals surface area contributed by atoms with Gasteiger partial charge in [-0.25, -0.2) is 0 Å². The Hall–Kier alpha value is -0.850. The Balaban J connectivity index is 1.58. The van der Waals surface area contributed by atoms with E-state index < -0.39 is 0 Å². The molecule has 7 unspecified atom stereocenters. The van der Waals surface area contributed by atoms with Crippen LogP contribution in [0.1, 0.15) is 59.3 Å². The van der Waals surface area contributed by atoms with Crippen LogP contribution in [-0.2, 0) is 4.79 Å². The van der Waals surface area contributed by atoms with Gasteiger partial charge in [0.05, 0.1) is 0 Å². The van der Waals surface area contributed by atoms with E-state index in [1.165, 1.54) is 25.7 Å². The molecular formula is C21H28O. The summed E-state index contributed by atoms with van der Waals surface area (Å²) in [5.41, 5.74) is 4.06. The first-order valence-corrected chi connectivity index (χ1v) is 9.37. The number of ketones is 1. The largest absolute Gasteiger partial charge is 0.295 e. The Morgan fingerprint density at radius 1 is 1.14 bits per heavy atom. The van der Waals surface area contributed by atoms with Crippen LogP contribution in [0.5, 0.6) is 0 Å². The first-order chi connectivity index (χ1) is 10.4. The molecule has 0 spiro atoms. The number of rotatable bonds is 0. The SMILES string of the molecule is CC1=CCC2C3C4CC4C4=CC(=O)CCC4(C)C3CCC12C. The molecule has 0 radical (unpaired) electrons. The monoisotopic (exact) mass is 296 g/mol. The highest BCUT2D eigenvalue weighted by molar-refractivity contribution is 5.92. The van der Waals surface area contributed by atoms with Gasteiger partial charge in [-0.3, -0.25) is 4.79 Å². The summed E-state index contributed by atoms with van der Waals surface area (Å²) in [6, 6.07) is 0. The molecule has 7 atom stereocenters. The van der Waals surface area contributed by atoms with E-state index >= 15 is 0 Å². The van der Waals surface area contributed by atoms with Crippen molar-refractivity contribution in [3.05, 3.63) is 23.3 Å². The third-order valence-corrected chi connectivity index (χ3v) is 8.72. The smallest absolute Gasteiger partial charge is 0.155 e. The van der Waals surface area contributed by atoms with Gasteiger partial charge in [-0.2, -0.15) is 0 Å². The van der Waals surface area contributed by atoms with Crippen molar-refractivity contribution >= 4 is 5.78 Å². The fourth-order valence-electron chi connectivity index (χ4n) is 7.19. The van der Waals surface area contributed by atoms with Gasteiger partial charge >= 0.3 is 0 Å². The molecule has 0 heterocycles. The molecule has 118 valence electrons. The summed E-state index contributed by atoms with van der Waals surface area (Å²) in [5, 5.41) is 0. The highest BCUT2D eigenvalue weighted by atomic mass is 16.1.